The Morgan fingerprint density at radius 3 is 2.68 bits per heavy atom. The van der Waals surface area contributed by atoms with Crippen molar-refractivity contribution in [3.8, 4) is 10.6 Å². The topological polar surface area (TPSA) is 95.8 Å². The maximum Gasteiger partial charge on any atom is 0.254 e. The van der Waals surface area contributed by atoms with E-state index in [4.69, 9.17) is 4.98 Å². The normalized spacial score (nSPS) is 15.1. The van der Waals surface area contributed by atoms with Crippen molar-refractivity contribution in [3.05, 3.63) is 46.5 Å². The van der Waals surface area contributed by atoms with Gasteiger partial charge >= 0.3 is 0 Å². The van der Waals surface area contributed by atoms with Gasteiger partial charge in [-0.25, -0.2) is 9.97 Å². The number of nitrogens with one attached hydrogen (secondary N) is 1. The lowest BCUT2D eigenvalue weighted by molar-refractivity contribution is 0.0627. The van der Waals surface area contributed by atoms with Crippen LogP contribution in [0.4, 0.5) is 0 Å². The number of piperazine rings is 1. The number of carbonyl (C=O) groups is 1. The Kier molecular flexibility index (Phi) is 5.03. The van der Waals surface area contributed by atoms with Crippen LogP contribution in [0.5, 0.6) is 0 Å². The van der Waals surface area contributed by atoms with E-state index in [1.165, 1.54) is 0 Å². The summed E-state index contributed by atoms with van der Waals surface area (Å²) in [5.41, 5.74) is 3.06. The molecule has 0 aliphatic carbocycles. The summed E-state index contributed by atoms with van der Waals surface area (Å²) in [6.07, 6.45) is 0. The largest absolute Gasteiger partial charge is 0.336 e. The number of hydrogen-bond donors (Lipinski definition) is 1. The fourth-order valence-electron chi connectivity index (χ4n) is 4.10. The highest BCUT2D eigenvalue weighted by Crippen LogP contribution is 2.30. The monoisotopic (exact) mass is 436 g/mol. The molecule has 9 nitrogen and oxygen atoms in total. The van der Waals surface area contributed by atoms with E-state index in [0.717, 1.165) is 52.0 Å². The molecule has 1 aliphatic heterocycles. The van der Waals surface area contributed by atoms with Gasteiger partial charge in [0.15, 0.2) is 11.5 Å². The average molecular weight is 437 g/mol. The molecular weight excluding hydrogens is 412 g/mol. The summed E-state index contributed by atoms with van der Waals surface area (Å²) in [6.45, 7) is 7.43. The molecular formula is C21H24N8OS. The minimum atomic E-state index is 0.0368. The van der Waals surface area contributed by atoms with Crippen molar-refractivity contribution in [2.24, 2.45) is 7.05 Å². The molecule has 5 heterocycles. The Balaban J connectivity index is 1.41. The van der Waals surface area contributed by atoms with Crippen LogP contribution in [0.15, 0.2) is 23.6 Å². The standard InChI is InChI=1S/C21H24N8OS/c1-13-19-15(11-16(17-5-4-10-31-17)23-20(19)27(3)26-13)21(30)29-8-6-28(7-9-29)12-18-22-14(2)24-25-18/h4-5,10-11H,6-9,12H2,1-3H3,(H,22,24,25). The molecule has 0 atom stereocenters. The van der Waals surface area contributed by atoms with Crippen molar-refractivity contribution in [2.45, 2.75) is 20.4 Å². The number of hydrogen-bond acceptors (Lipinski definition) is 7. The van der Waals surface area contributed by atoms with E-state index >= 15 is 0 Å². The van der Waals surface area contributed by atoms with E-state index in [9.17, 15) is 4.79 Å². The highest BCUT2D eigenvalue weighted by atomic mass is 32.1. The maximum absolute atomic E-state index is 13.6. The first-order valence-corrected chi connectivity index (χ1v) is 11.2. The van der Waals surface area contributed by atoms with Gasteiger partial charge in [-0.15, -0.1) is 11.3 Å². The summed E-state index contributed by atoms with van der Waals surface area (Å²) in [5.74, 6) is 1.65. The van der Waals surface area contributed by atoms with Gasteiger partial charge in [0.2, 0.25) is 0 Å². The minimum absolute atomic E-state index is 0.0368. The summed E-state index contributed by atoms with van der Waals surface area (Å²) in [7, 11) is 1.87. The number of H-pyrrole nitrogens is 1. The zero-order valence-corrected chi connectivity index (χ0v) is 18.6. The molecule has 0 radical (unpaired) electrons. The van der Waals surface area contributed by atoms with Crippen LogP contribution in [-0.4, -0.2) is 71.8 Å². The second kappa shape index (κ2) is 7.86. The zero-order chi connectivity index (χ0) is 21.5. The minimum Gasteiger partial charge on any atom is -0.336 e. The number of aromatic nitrogens is 6. The molecule has 31 heavy (non-hydrogen) atoms. The summed E-state index contributed by atoms with van der Waals surface area (Å²) >= 11 is 1.62. The van der Waals surface area contributed by atoms with Crippen LogP contribution in [0.25, 0.3) is 21.6 Å². The first kappa shape index (κ1) is 19.8. The van der Waals surface area contributed by atoms with Gasteiger partial charge in [-0.1, -0.05) is 6.07 Å². The molecule has 0 spiro atoms. The van der Waals surface area contributed by atoms with Crippen LogP contribution in [0, 0.1) is 13.8 Å². The molecule has 4 aromatic rings. The first-order chi connectivity index (χ1) is 15.0. The van der Waals surface area contributed by atoms with Crippen LogP contribution >= 0.6 is 11.3 Å². The molecule has 5 rings (SSSR count). The Morgan fingerprint density at radius 1 is 1.19 bits per heavy atom. The Morgan fingerprint density at radius 2 is 2.00 bits per heavy atom. The third-order valence-corrected chi connectivity index (χ3v) is 6.53. The molecule has 1 fully saturated rings. The molecule has 10 heteroatoms. The van der Waals surface area contributed by atoms with Gasteiger partial charge in [-0.2, -0.15) is 10.2 Å². The highest BCUT2D eigenvalue weighted by Gasteiger charge is 2.27. The molecule has 0 saturated carbocycles. The predicted octanol–water partition coefficient (Wildman–Crippen LogP) is 2.39. The molecule has 1 amide bonds. The van der Waals surface area contributed by atoms with Crippen LogP contribution in [-0.2, 0) is 13.6 Å². The van der Waals surface area contributed by atoms with Crippen LogP contribution in [0.3, 0.4) is 0 Å². The number of pyridine rings is 1. The van der Waals surface area contributed by atoms with Crippen LogP contribution in [0.1, 0.15) is 27.7 Å². The molecule has 1 aliphatic rings. The molecule has 1 saturated heterocycles. The highest BCUT2D eigenvalue weighted by molar-refractivity contribution is 7.13. The Labute approximate surface area is 183 Å². The average Bonchev–Trinajstić information content (AvgIpc) is 3.50. The number of carbonyl (C=O) groups excluding carboxylic acids is 1. The van der Waals surface area contributed by atoms with Crippen LogP contribution < -0.4 is 0 Å². The molecule has 0 aromatic carbocycles. The Bertz CT molecular complexity index is 1230. The van der Waals surface area contributed by atoms with Gasteiger partial charge in [0.05, 0.1) is 33.8 Å². The lowest BCUT2D eigenvalue weighted by Crippen LogP contribution is -2.48. The predicted molar refractivity (Wildman–Crippen MR) is 119 cm³/mol. The SMILES string of the molecule is Cc1nc(CN2CCN(C(=O)c3cc(-c4cccs4)nc4c3c(C)nn4C)CC2)n[nH]1. The summed E-state index contributed by atoms with van der Waals surface area (Å²) in [6, 6.07) is 5.95. The van der Waals surface area contributed by atoms with Gasteiger partial charge in [0.1, 0.15) is 5.82 Å². The van der Waals surface area contributed by atoms with Crippen molar-refractivity contribution < 1.29 is 4.79 Å². The van der Waals surface area contributed by atoms with E-state index in [1.807, 2.05) is 49.4 Å². The third-order valence-electron chi connectivity index (χ3n) is 5.64. The first-order valence-electron chi connectivity index (χ1n) is 10.3. The summed E-state index contributed by atoms with van der Waals surface area (Å²) in [5, 5.41) is 14.5. The molecule has 160 valence electrons. The lowest BCUT2D eigenvalue weighted by Gasteiger charge is -2.34. The number of thiophene rings is 1. The van der Waals surface area contributed by atoms with Crippen molar-refractivity contribution in [1.29, 1.82) is 0 Å². The van der Waals surface area contributed by atoms with Crippen molar-refractivity contribution in [2.75, 3.05) is 26.2 Å². The van der Waals surface area contributed by atoms with E-state index in [2.05, 4.69) is 25.2 Å². The second-order valence-electron chi connectivity index (χ2n) is 7.85. The molecule has 1 N–H and O–H groups in total. The van der Waals surface area contributed by atoms with Gasteiger partial charge in [0.25, 0.3) is 5.91 Å². The third kappa shape index (κ3) is 3.72. The van der Waals surface area contributed by atoms with E-state index in [-0.39, 0.29) is 5.91 Å². The molecule has 0 bridgehead atoms. The van der Waals surface area contributed by atoms with Crippen molar-refractivity contribution in [3.63, 3.8) is 0 Å². The number of aromatic amines is 1. The van der Waals surface area contributed by atoms with E-state index < -0.39 is 0 Å². The summed E-state index contributed by atoms with van der Waals surface area (Å²) < 4.78 is 1.76. The van der Waals surface area contributed by atoms with E-state index in [0.29, 0.717) is 25.2 Å². The van der Waals surface area contributed by atoms with Crippen molar-refractivity contribution in [1.82, 2.24) is 39.7 Å². The van der Waals surface area contributed by atoms with Gasteiger partial charge in [0, 0.05) is 33.2 Å². The number of rotatable bonds is 4. The van der Waals surface area contributed by atoms with Gasteiger partial charge in [-0.05, 0) is 31.4 Å². The number of fused-ring (bicyclic) bond motifs is 1. The van der Waals surface area contributed by atoms with E-state index in [1.54, 1.807) is 16.0 Å². The number of nitrogens with zero attached hydrogens (tertiary/aromatic N) is 7. The van der Waals surface area contributed by atoms with Gasteiger partial charge in [-0.3, -0.25) is 19.5 Å². The summed E-state index contributed by atoms with van der Waals surface area (Å²) in [4.78, 5) is 28.0. The zero-order valence-electron chi connectivity index (χ0n) is 17.8. The number of amides is 1. The smallest absolute Gasteiger partial charge is 0.254 e. The molecule has 0 unspecified atom stereocenters. The fraction of sp³-hybridized carbons (Fsp3) is 0.381. The Hall–Kier alpha value is -3.11. The fourth-order valence-corrected chi connectivity index (χ4v) is 4.79. The maximum atomic E-state index is 13.6. The molecule has 4 aromatic heterocycles. The van der Waals surface area contributed by atoms with Crippen molar-refractivity contribution >= 4 is 28.3 Å². The lowest BCUT2D eigenvalue weighted by atomic mass is 10.1. The second-order valence-corrected chi connectivity index (χ2v) is 8.79. The van der Waals surface area contributed by atoms with Crippen LogP contribution in [0.2, 0.25) is 0 Å². The van der Waals surface area contributed by atoms with Gasteiger partial charge < -0.3 is 4.90 Å². The quantitative estimate of drug-likeness (QED) is 0.528. The number of aryl methyl sites for hydroxylation is 3.